The summed E-state index contributed by atoms with van der Waals surface area (Å²) in [5.74, 6) is 0.626. The van der Waals surface area contributed by atoms with Crippen molar-refractivity contribution < 1.29 is 37.8 Å². The predicted octanol–water partition coefficient (Wildman–Crippen LogP) is 0.764. The van der Waals surface area contributed by atoms with Gasteiger partial charge in [-0.3, -0.25) is 4.57 Å². The monoisotopic (exact) mass is 348 g/mol. The molecule has 2 aromatic rings. The summed E-state index contributed by atoms with van der Waals surface area (Å²) in [7, 11) is 0. The number of aromatic nitrogens is 3. The summed E-state index contributed by atoms with van der Waals surface area (Å²) in [6.45, 7) is 2.50. The fraction of sp³-hybridized carbons (Fsp3) is 0.385. The van der Waals surface area contributed by atoms with E-state index in [9.17, 15) is 9.90 Å². The summed E-state index contributed by atoms with van der Waals surface area (Å²) in [4.78, 5) is 12.3. The second kappa shape index (κ2) is 5.70. The normalized spacial score (nSPS) is 13.7. The van der Waals surface area contributed by atoms with Gasteiger partial charge in [-0.05, 0) is 24.2 Å². The van der Waals surface area contributed by atoms with Gasteiger partial charge < -0.3 is 10.8 Å². The molecular weight excluding hydrogens is 333 g/mol. The molecule has 0 spiro atoms. The second-order valence-corrected chi connectivity index (χ2v) is 4.80. The van der Waals surface area contributed by atoms with Crippen LogP contribution in [-0.2, 0) is 45.7 Å². The van der Waals surface area contributed by atoms with Crippen LogP contribution in [0.1, 0.15) is 24.2 Å². The first kappa shape index (κ1) is 15.3. The zero-order valence-electron chi connectivity index (χ0n) is 11.3. The van der Waals surface area contributed by atoms with Crippen molar-refractivity contribution in [2.45, 2.75) is 32.7 Å². The first-order chi connectivity index (χ1) is 9.09. The summed E-state index contributed by atoms with van der Waals surface area (Å²) < 4.78 is 2.97. The molecule has 3 N–H and O–H groups in total. The molecule has 7 heteroatoms. The molecule has 103 valence electrons. The number of phenols is 1. The Bertz CT molecular complexity index is 705. The fourth-order valence-corrected chi connectivity index (χ4v) is 2.47. The van der Waals surface area contributed by atoms with Gasteiger partial charge in [-0.25, -0.2) is 9.48 Å². The van der Waals surface area contributed by atoms with Gasteiger partial charge in [0.15, 0.2) is 0 Å². The molecule has 1 aromatic heterocycles. The van der Waals surface area contributed by atoms with Gasteiger partial charge in [0, 0.05) is 51.4 Å². The van der Waals surface area contributed by atoms with E-state index in [2.05, 4.69) is 11.2 Å². The van der Waals surface area contributed by atoms with Crippen LogP contribution in [0.25, 0.3) is 5.69 Å². The number of nitrogens with two attached hydrogens (primary N) is 1. The van der Waals surface area contributed by atoms with Crippen molar-refractivity contribution in [3.8, 4) is 11.4 Å². The Hall–Kier alpha value is -1.14. The Balaban J connectivity index is 0.00000147. The quantitative estimate of drug-likeness (QED) is 0.453. The van der Waals surface area contributed by atoms with Gasteiger partial charge in [0.05, 0.1) is 0 Å². The van der Waals surface area contributed by atoms with Crippen LogP contribution in [0.5, 0.6) is 5.75 Å². The van der Waals surface area contributed by atoms with Crippen LogP contribution in [-0.4, -0.2) is 19.5 Å². The number of fused-ring (bicyclic) bond motifs is 1. The van der Waals surface area contributed by atoms with Crippen molar-refractivity contribution in [3.05, 3.63) is 34.0 Å². The molecule has 2 heterocycles. The minimum absolute atomic E-state index is 0. The van der Waals surface area contributed by atoms with Crippen LogP contribution in [0.3, 0.4) is 0 Å². The van der Waals surface area contributed by atoms with Crippen LogP contribution < -0.4 is 11.4 Å². The summed E-state index contributed by atoms with van der Waals surface area (Å²) in [6, 6.07) is 4.24. The topological polar surface area (TPSA) is 86.1 Å². The van der Waals surface area contributed by atoms with E-state index in [-0.39, 0.29) is 49.8 Å². The zero-order valence-corrected chi connectivity index (χ0v) is 14.1. The second-order valence-electron chi connectivity index (χ2n) is 4.80. The predicted molar refractivity (Wildman–Crippen MR) is 70.4 cm³/mol. The van der Waals surface area contributed by atoms with E-state index in [1.165, 1.54) is 4.68 Å². The van der Waals surface area contributed by atoms with Gasteiger partial charge >= 0.3 is 5.69 Å². The maximum absolute atomic E-state index is 12.3. The van der Waals surface area contributed by atoms with Gasteiger partial charge in [0.1, 0.15) is 5.82 Å². The molecule has 1 aromatic carbocycles. The molecule has 0 bridgehead atoms. The maximum Gasteiger partial charge on any atom is 0.348 e. The number of phenolic OH excluding ortho intramolecular Hbond substituents is 1. The molecule has 0 fully saturated rings. The Labute approximate surface area is 141 Å². The van der Waals surface area contributed by atoms with Crippen LogP contribution in [0.2, 0.25) is 0 Å². The third-order valence-electron chi connectivity index (χ3n) is 3.49. The maximum atomic E-state index is 12.3. The van der Waals surface area contributed by atoms with Gasteiger partial charge in [-0.2, -0.15) is 11.2 Å². The van der Waals surface area contributed by atoms with Crippen LogP contribution in [0.4, 0.5) is 5.69 Å². The van der Waals surface area contributed by atoms with Crippen LogP contribution >= 0.6 is 0 Å². The first-order valence-electron chi connectivity index (χ1n) is 6.28. The molecule has 1 radical (unpaired) electrons. The number of benzene rings is 1. The Morgan fingerprint density at radius 2 is 2.20 bits per heavy atom. The van der Waals surface area contributed by atoms with Crippen molar-refractivity contribution in [2.24, 2.45) is 0 Å². The van der Waals surface area contributed by atoms with E-state index in [4.69, 9.17) is 5.73 Å². The molecule has 1 aliphatic rings. The number of nitrogens with zero attached hydrogens (tertiary/aromatic N) is 3. The van der Waals surface area contributed by atoms with E-state index in [0.29, 0.717) is 12.2 Å². The molecule has 0 amide bonds. The average Bonchev–Trinajstić information content (AvgIpc) is 2.73. The number of rotatable bonds is 1. The minimum atomic E-state index is -0.199. The van der Waals surface area contributed by atoms with Gasteiger partial charge in [-0.1, -0.05) is 6.92 Å². The first-order valence-corrected chi connectivity index (χ1v) is 6.28. The smallest absolute Gasteiger partial charge is 0.348 e. The number of nitrogen functional groups attached to an aromatic ring is 1. The summed E-state index contributed by atoms with van der Waals surface area (Å²) in [5, 5.41) is 14.0. The Kier molecular flexibility index (Phi) is 4.35. The van der Waals surface area contributed by atoms with Gasteiger partial charge in [0.25, 0.3) is 0 Å². The molecule has 0 unspecified atom stereocenters. The summed E-state index contributed by atoms with van der Waals surface area (Å²) in [5.41, 5.74) is 6.99. The zero-order chi connectivity index (χ0) is 13.6. The Morgan fingerprint density at radius 1 is 1.45 bits per heavy atom. The molecule has 1 aliphatic heterocycles. The van der Waals surface area contributed by atoms with Crippen molar-refractivity contribution >= 4 is 5.69 Å². The number of aryl methyl sites for hydroxylation is 2. The molecule has 0 aliphatic carbocycles. The third kappa shape index (κ3) is 2.31. The molecule has 0 saturated heterocycles. The fourth-order valence-electron chi connectivity index (χ4n) is 2.47. The largest absolute Gasteiger partial charge is 0.532 e. The van der Waals surface area contributed by atoms with E-state index >= 15 is 0 Å². The van der Waals surface area contributed by atoms with Crippen molar-refractivity contribution in [1.29, 1.82) is 0 Å². The van der Waals surface area contributed by atoms with E-state index in [0.717, 1.165) is 30.7 Å². The number of hydrogen-bond acceptors (Lipinski definition) is 4. The molecular formula is C13H15N4O2Y-. The summed E-state index contributed by atoms with van der Waals surface area (Å²) in [6.07, 6.45) is 2.83. The van der Waals surface area contributed by atoms with E-state index in [1.807, 2.05) is 6.92 Å². The molecule has 20 heavy (non-hydrogen) atoms. The molecule has 3 rings (SSSR count). The van der Waals surface area contributed by atoms with E-state index < -0.39 is 0 Å². The number of aromatic hydroxyl groups is 1. The minimum Gasteiger partial charge on any atom is -0.532 e. The molecule has 0 saturated carbocycles. The summed E-state index contributed by atoms with van der Waals surface area (Å²) >= 11 is 0. The van der Waals surface area contributed by atoms with E-state index in [1.54, 1.807) is 10.6 Å². The van der Waals surface area contributed by atoms with Crippen LogP contribution in [0.15, 0.2) is 10.9 Å². The van der Waals surface area contributed by atoms with Crippen molar-refractivity contribution in [1.82, 2.24) is 14.3 Å². The van der Waals surface area contributed by atoms with Crippen molar-refractivity contribution in [2.75, 3.05) is 5.73 Å². The third-order valence-corrected chi connectivity index (χ3v) is 3.49. The van der Waals surface area contributed by atoms with Crippen molar-refractivity contribution in [3.63, 3.8) is 0 Å². The Morgan fingerprint density at radius 3 is 2.90 bits per heavy atom. The van der Waals surface area contributed by atoms with Gasteiger partial charge in [0.2, 0.25) is 0 Å². The SMILES string of the molecule is Cc1c[c-]c(O)c(N)c1-n1nc2n(c1=O)CCCC2.[Y]. The van der Waals surface area contributed by atoms with Gasteiger partial charge in [-0.15, -0.1) is 11.6 Å². The van der Waals surface area contributed by atoms with Crippen LogP contribution in [0, 0.1) is 13.0 Å². The molecule has 6 nitrogen and oxygen atoms in total. The standard InChI is InChI=1S/C13H15N4O2.Y/c1-8-5-6-9(18)11(14)12(8)17-13(19)16-7-3-2-4-10(16)15-17;/h5,18H,2-4,7,14H2,1H3;/q-1;. The molecule has 0 atom stereocenters. The number of hydrogen-bond donors (Lipinski definition) is 2. The average molecular weight is 348 g/mol. The number of anilines is 1.